The lowest BCUT2D eigenvalue weighted by molar-refractivity contribution is 0.0551. The fourth-order valence-electron chi connectivity index (χ4n) is 1.76. The fraction of sp³-hybridized carbons (Fsp3) is 1.00. The highest BCUT2D eigenvalue weighted by molar-refractivity contribution is 4.84. The Hall–Kier alpha value is -0.0800. The predicted molar refractivity (Wildman–Crippen MR) is 45.9 cm³/mol. The van der Waals surface area contributed by atoms with Crippen molar-refractivity contribution in [3.63, 3.8) is 0 Å². The van der Waals surface area contributed by atoms with Crippen molar-refractivity contribution in [1.82, 2.24) is 5.06 Å². The minimum atomic E-state index is 0.207. The summed E-state index contributed by atoms with van der Waals surface area (Å²) in [6.45, 7) is 12.0. The molecule has 1 aliphatic rings. The van der Waals surface area contributed by atoms with Gasteiger partial charge in [-0.15, -0.1) is 0 Å². The van der Waals surface area contributed by atoms with Crippen LogP contribution in [0.15, 0.2) is 0 Å². The summed E-state index contributed by atoms with van der Waals surface area (Å²) in [5, 5.41) is 2.04. The van der Waals surface area contributed by atoms with Gasteiger partial charge in [-0.1, -0.05) is 20.8 Å². The quantitative estimate of drug-likeness (QED) is 0.572. The summed E-state index contributed by atoms with van der Waals surface area (Å²) in [5.41, 5.74) is 0.591. The maximum Gasteiger partial charge on any atom is 0.144 e. The van der Waals surface area contributed by atoms with Crippen molar-refractivity contribution in [2.24, 2.45) is 5.41 Å². The van der Waals surface area contributed by atoms with Crippen LogP contribution in [-0.4, -0.2) is 17.3 Å². The Labute approximate surface area is 69.5 Å². The molecule has 0 radical (unpaired) electrons. The lowest BCUT2D eigenvalue weighted by Gasteiger charge is -2.31. The minimum absolute atomic E-state index is 0.207. The molecule has 0 aromatic carbocycles. The van der Waals surface area contributed by atoms with Crippen LogP contribution in [-0.2, 0) is 4.84 Å². The van der Waals surface area contributed by atoms with Crippen LogP contribution in [0.2, 0.25) is 0 Å². The molecule has 0 bridgehead atoms. The van der Waals surface area contributed by atoms with Crippen molar-refractivity contribution in [1.29, 1.82) is 0 Å². The third kappa shape index (κ3) is 2.80. The molecule has 1 rings (SSSR count). The fourth-order valence-corrected chi connectivity index (χ4v) is 1.76. The summed E-state index contributed by atoms with van der Waals surface area (Å²) in [4.78, 5) is 5.15. The van der Waals surface area contributed by atoms with Gasteiger partial charge in [0, 0.05) is 5.54 Å². The first-order valence-electron chi connectivity index (χ1n) is 4.22. The van der Waals surface area contributed by atoms with E-state index >= 15 is 0 Å². The highest BCUT2D eigenvalue weighted by Gasteiger charge is 2.39. The zero-order chi connectivity index (χ0) is 8.70. The van der Waals surface area contributed by atoms with Crippen molar-refractivity contribution in [3.05, 3.63) is 0 Å². The normalized spacial score (nSPS) is 25.4. The van der Waals surface area contributed by atoms with E-state index in [0.29, 0.717) is 5.41 Å². The van der Waals surface area contributed by atoms with E-state index in [-0.39, 0.29) is 5.54 Å². The molecule has 0 amide bonds. The summed E-state index contributed by atoms with van der Waals surface area (Å²) in [6.07, 6.45) is 1.17. The van der Waals surface area contributed by atoms with Gasteiger partial charge in [0.1, 0.15) is 6.73 Å². The van der Waals surface area contributed by atoms with Crippen molar-refractivity contribution in [2.75, 3.05) is 6.73 Å². The van der Waals surface area contributed by atoms with E-state index in [1.165, 1.54) is 6.42 Å². The van der Waals surface area contributed by atoms with Gasteiger partial charge in [0.25, 0.3) is 0 Å². The van der Waals surface area contributed by atoms with Gasteiger partial charge in [-0.25, -0.2) is 0 Å². The van der Waals surface area contributed by atoms with E-state index in [2.05, 4.69) is 34.6 Å². The van der Waals surface area contributed by atoms with Gasteiger partial charge in [0.05, 0.1) is 0 Å². The molecule has 0 spiro atoms. The lowest BCUT2D eigenvalue weighted by atomic mass is 9.82. The van der Waals surface area contributed by atoms with Gasteiger partial charge in [-0.2, -0.15) is 5.06 Å². The number of hydrogen-bond acceptors (Lipinski definition) is 2. The van der Waals surface area contributed by atoms with Gasteiger partial charge in [-0.05, 0) is 25.7 Å². The van der Waals surface area contributed by atoms with Gasteiger partial charge in [-0.3, -0.25) is 4.84 Å². The van der Waals surface area contributed by atoms with E-state index in [1.54, 1.807) is 0 Å². The molecule has 0 saturated carbocycles. The molecule has 1 aliphatic heterocycles. The van der Waals surface area contributed by atoms with Gasteiger partial charge >= 0.3 is 0 Å². The SMILES string of the molecule is CC(C)(C)CC(C)(C)N1CO1. The Morgan fingerprint density at radius 1 is 1.18 bits per heavy atom. The topological polar surface area (TPSA) is 15.5 Å². The van der Waals surface area contributed by atoms with E-state index in [9.17, 15) is 0 Å². The molecular weight excluding hydrogens is 138 g/mol. The second-order valence-corrected chi connectivity index (χ2v) is 5.19. The first-order chi connectivity index (χ1) is 4.81. The van der Waals surface area contributed by atoms with E-state index in [4.69, 9.17) is 4.84 Å². The van der Waals surface area contributed by atoms with Crippen LogP contribution in [0.25, 0.3) is 0 Å². The summed E-state index contributed by atoms with van der Waals surface area (Å²) >= 11 is 0. The molecule has 11 heavy (non-hydrogen) atoms. The zero-order valence-electron chi connectivity index (χ0n) is 8.27. The molecule has 0 aromatic heterocycles. The van der Waals surface area contributed by atoms with Gasteiger partial charge < -0.3 is 0 Å². The Morgan fingerprint density at radius 3 is 1.91 bits per heavy atom. The Bertz CT molecular complexity index is 142. The van der Waals surface area contributed by atoms with Crippen LogP contribution in [0.1, 0.15) is 41.0 Å². The average Bonchev–Trinajstić information content (AvgIpc) is 2.30. The molecule has 0 aliphatic carbocycles. The van der Waals surface area contributed by atoms with E-state index in [0.717, 1.165) is 6.73 Å². The van der Waals surface area contributed by atoms with E-state index < -0.39 is 0 Å². The van der Waals surface area contributed by atoms with Crippen molar-refractivity contribution in [2.45, 2.75) is 46.6 Å². The van der Waals surface area contributed by atoms with Crippen molar-refractivity contribution >= 4 is 0 Å². The number of hydrogen-bond donors (Lipinski definition) is 0. The second kappa shape index (κ2) is 2.46. The molecule has 2 heteroatoms. The van der Waals surface area contributed by atoms with Crippen LogP contribution in [0.5, 0.6) is 0 Å². The van der Waals surface area contributed by atoms with Gasteiger partial charge in [0.2, 0.25) is 0 Å². The van der Waals surface area contributed by atoms with Crippen LogP contribution < -0.4 is 0 Å². The standard InChI is InChI=1S/C9H19NO/c1-8(2,3)6-9(4,5)10-7-11-10/h6-7H2,1-5H3. The Balaban J connectivity index is 2.45. The first kappa shape index (κ1) is 9.01. The third-order valence-electron chi connectivity index (χ3n) is 1.90. The Morgan fingerprint density at radius 2 is 1.64 bits per heavy atom. The smallest absolute Gasteiger partial charge is 0.144 e. The molecule has 66 valence electrons. The lowest BCUT2D eigenvalue weighted by Crippen LogP contribution is -2.34. The summed E-state index contributed by atoms with van der Waals surface area (Å²) in [5.74, 6) is 0. The highest BCUT2D eigenvalue weighted by Crippen LogP contribution is 2.34. The molecule has 1 saturated heterocycles. The molecule has 0 aromatic rings. The zero-order valence-corrected chi connectivity index (χ0v) is 8.27. The summed E-state index contributed by atoms with van der Waals surface area (Å²) in [7, 11) is 0. The maximum absolute atomic E-state index is 5.15. The van der Waals surface area contributed by atoms with Gasteiger partial charge in [0.15, 0.2) is 0 Å². The van der Waals surface area contributed by atoms with Crippen molar-refractivity contribution in [3.8, 4) is 0 Å². The maximum atomic E-state index is 5.15. The molecule has 1 atom stereocenters. The van der Waals surface area contributed by atoms with Crippen LogP contribution in [0, 0.1) is 5.41 Å². The second-order valence-electron chi connectivity index (χ2n) is 5.19. The van der Waals surface area contributed by atoms with Crippen LogP contribution in [0.4, 0.5) is 0 Å². The van der Waals surface area contributed by atoms with E-state index in [1.807, 2.05) is 5.06 Å². The average molecular weight is 157 g/mol. The predicted octanol–water partition coefficient (Wildman–Crippen LogP) is 2.41. The third-order valence-corrected chi connectivity index (χ3v) is 1.90. The van der Waals surface area contributed by atoms with Crippen LogP contribution in [0.3, 0.4) is 0 Å². The molecule has 1 unspecified atom stereocenters. The molecule has 2 nitrogen and oxygen atoms in total. The molecule has 0 N–H and O–H groups in total. The summed E-state index contributed by atoms with van der Waals surface area (Å²) < 4.78 is 0. The molecule has 1 heterocycles. The Kier molecular flexibility index (Phi) is 2.01. The highest BCUT2D eigenvalue weighted by atomic mass is 16.8. The first-order valence-corrected chi connectivity index (χ1v) is 4.22. The monoisotopic (exact) mass is 157 g/mol. The summed E-state index contributed by atoms with van der Waals surface area (Å²) in [6, 6.07) is 0. The van der Waals surface area contributed by atoms with Crippen LogP contribution >= 0.6 is 0 Å². The largest absolute Gasteiger partial charge is 0.278 e. The molecular formula is C9H19NO. The number of rotatable bonds is 2. The number of hydroxylamine groups is 2. The van der Waals surface area contributed by atoms with Crippen molar-refractivity contribution < 1.29 is 4.84 Å². The molecule has 1 fully saturated rings. The minimum Gasteiger partial charge on any atom is -0.278 e. The number of nitrogens with zero attached hydrogens (tertiary/aromatic N) is 1.